The van der Waals surface area contributed by atoms with E-state index >= 15 is 0 Å². The first-order valence-electron chi connectivity index (χ1n) is 17.5. The van der Waals surface area contributed by atoms with Gasteiger partial charge in [0.05, 0.1) is 0 Å². The SMILES string of the molecule is c1ccc2c(c1)oc1cc(-c3ccc(N(c4ccc(-c5ccc6sc7ccccc7c6c5)cc4)c4ccc5c(c4)oc4ccccc45)cc3)ccc12. The summed E-state index contributed by atoms with van der Waals surface area (Å²) in [5.74, 6) is 0. The van der Waals surface area contributed by atoms with E-state index < -0.39 is 0 Å². The molecule has 0 unspecified atom stereocenters. The van der Waals surface area contributed by atoms with Crippen LogP contribution in [0.1, 0.15) is 0 Å². The Bertz CT molecular complexity index is 3130. The van der Waals surface area contributed by atoms with Crippen molar-refractivity contribution in [2.24, 2.45) is 0 Å². The number of hydrogen-bond acceptors (Lipinski definition) is 4. The first-order chi connectivity index (χ1) is 25.7. The molecule has 0 fully saturated rings. The van der Waals surface area contributed by atoms with Crippen LogP contribution in [0.25, 0.3) is 86.3 Å². The van der Waals surface area contributed by atoms with Crippen LogP contribution in [0.4, 0.5) is 17.1 Å². The molecule has 0 saturated carbocycles. The van der Waals surface area contributed by atoms with Crippen LogP contribution in [-0.4, -0.2) is 0 Å². The quantitative estimate of drug-likeness (QED) is 0.181. The predicted octanol–water partition coefficient (Wildman–Crippen LogP) is 14.7. The maximum Gasteiger partial charge on any atom is 0.137 e. The molecule has 0 aliphatic carbocycles. The zero-order valence-electron chi connectivity index (χ0n) is 27.9. The maximum absolute atomic E-state index is 6.35. The van der Waals surface area contributed by atoms with Crippen molar-refractivity contribution in [1.29, 1.82) is 0 Å². The first kappa shape index (κ1) is 29.1. The van der Waals surface area contributed by atoms with E-state index in [1.54, 1.807) is 0 Å². The van der Waals surface area contributed by atoms with Crippen molar-refractivity contribution in [3.05, 3.63) is 176 Å². The van der Waals surface area contributed by atoms with Crippen LogP contribution in [0.15, 0.2) is 185 Å². The van der Waals surface area contributed by atoms with Gasteiger partial charge in [-0.2, -0.15) is 0 Å². The summed E-state index contributed by atoms with van der Waals surface area (Å²) >= 11 is 1.85. The fourth-order valence-electron chi connectivity index (χ4n) is 7.72. The maximum atomic E-state index is 6.35. The largest absolute Gasteiger partial charge is 0.456 e. The molecule has 4 heteroatoms. The van der Waals surface area contributed by atoms with Gasteiger partial charge in [-0.25, -0.2) is 0 Å². The molecule has 11 rings (SSSR count). The van der Waals surface area contributed by atoms with E-state index in [1.165, 1.54) is 31.3 Å². The van der Waals surface area contributed by atoms with Crippen molar-refractivity contribution in [2.45, 2.75) is 0 Å². The van der Waals surface area contributed by atoms with E-state index in [9.17, 15) is 0 Å². The smallest absolute Gasteiger partial charge is 0.137 e. The molecule has 8 aromatic carbocycles. The molecule has 244 valence electrons. The van der Waals surface area contributed by atoms with E-state index in [1.807, 2.05) is 35.6 Å². The number of fused-ring (bicyclic) bond motifs is 9. The molecule has 3 heterocycles. The highest BCUT2D eigenvalue weighted by Gasteiger charge is 2.17. The molecular formula is C48H29NO2S. The minimum Gasteiger partial charge on any atom is -0.456 e. The Hall–Kier alpha value is -6.62. The summed E-state index contributed by atoms with van der Waals surface area (Å²) in [6.07, 6.45) is 0. The zero-order chi connectivity index (χ0) is 34.2. The first-order valence-corrected chi connectivity index (χ1v) is 18.3. The highest BCUT2D eigenvalue weighted by molar-refractivity contribution is 7.25. The van der Waals surface area contributed by atoms with Crippen LogP contribution in [0.2, 0.25) is 0 Å². The Morgan fingerprint density at radius 3 is 1.44 bits per heavy atom. The number of thiophene rings is 1. The number of furan rings is 2. The molecule has 11 aromatic rings. The lowest BCUT2D eigenvalue weighted by molar-refractivity contribution is 0.668. The molecule has 3 aromatic heterocycles. The summed E-state index contributed by atoms with van der Waals surface area (Å²) in [4.78, 5) is 2.30. The van der Waals surface area contributed by atoms with E-state index in [0.717, 1.165) is 72.1 Å². The lowest BCUT2D eigenvalue weighted by Gasteiger charge is -2.26. The van der Waals surface area contributed by atoms with Crippen LogP contribution >= 0.6 is 11.3 Å². The highest BCUT2D eigenvalue weighted by atomic mass is 32.1. The van der Waals surface area contributed by atoms with Gasteiger partial charge in [-0.05, 0) is 101 Å². The third kappa shape index (κ3) is 4.65. The Labute approximate surface area is 303 Å². The average molecular weight is 684 g/mol. The third-order valence-corrected chi connectivity index (χ3v) is 11.4. The lowest BCUT2D eigenvalue weighted by atomic mass is 10.0. The Balaban J connectivity index is 0.998. The molecule has 0 saturated heterocycles. The van der Waals surface area contributed by atoms with Crippen molar-refractivity contribution in [3.63, 3.8) is 0 Å². The second-order valence-electron chi connectivity index (χ2n) is 13.3. The van der Waals surface area contributed by atoms with Gasteiger partial charge in [0.15, 0.2) is 0 Å². The minimum atomic E-state index is 0.868. The van der Waals surface area contributed by atoms with Gasteiger partial charge in [0.2, 0.25) is 0 Å². The Kier molecular flexibility index (Phi) is 6.42. The van der Waals surface area contributed by atoms with Gasteiger partial charge in [0.25, 0.3) is 0 Å². The molecule has 0 bridgehead atoms. The molecule has 0 aliphatic rings. The van der Waals surface area contributed by atoms with E-state index in [2.05, 4.69) is 157 Å². The zero-order valence-corrected chi connectivity index (χ0v) is 28.7. The van der Waals surface area contributed by atoms with E-state index in [-0.39, 0.29) is 0 Å². The van der Waals surface area contributed by atoms with Crippen molar-refractivity contribution in [3.8, 4) is 22.3 Å². The van der Waals surface area contributed by atoms with Crippen molar-refractivity contribution < 1.29 is 8.83 Å². The molecule has 0 spiro atoms. The van der Waals surface area contributed by atoms with Gasteiger partial charge in [-0.1, -0.05) is 91.0 Å². The summed E-state index contributed by atoms with van der Waals surface area (Å²) in [6.45, 7) is 0. The molecule has 0 atom stereocenters. The van der Waals surface area contributed by atoms with E-state index in [4.69, 9.17) is 8.83 Å². The van der Waals surface area contributed by atoms with Crippen LogP contribution < -0.4 is 4.90 Å². The Morgan fingerprint density at radius 1 is 0.308 bits per heavy atom. The topological polar surface area (TPSA) is 29.5 Å². The van der Waals surface area contributed by atoms with Gasteiger partial charge in [-0.15, -0.1) is 11.3 Å². The summed E-state index contributed by atoms with van der Waals surface area (Å²) in [7, 11) is 0. The number of anilines is 3. The van der Waals surface area contributed by atoms with Gasteiger partial charge < -0.3 is 13.7 Å². The van der Waals surface area contributed by atoms with Crippen molar-refractivity contribution >= 4 is 92.4 Å². The highest BCUT2D eigenvalue weighted by Crippen LogP contribution is 2.41. The van der Waals surface area contributed by atoms with Gasteiger partial charge in [0, 0.05) is 64.8 Å². The molecule has 0 amide bonds. The van der Waals surface area contributed by atoms with Gasteiger partial charge >= 0.3 is 0 Å². The molecule has 0 radical (unpaired) electrons. The number of para-hydroxylation sites is 2. The van der Waals surface area contributed by atoms with Crippen molar-refractivity contribution in [2.75, 3.05) is 4.90 Å². The number of benzene rings is 8. The Morgan fingerprint density at radius 2 is 0.769 bits per heavy atom. The van der Waals surface area contributed by atoms with Crippen LogP contribution in [0.5, 0.6) is 0 Å². The van der Waals surface area contributed by atoms with Gasteiger partial charge in [-0.3, -0.25) is 0 Å². The molecule has 0 aliphatic heterocycles. The van der Waals surface area contributed by atoms with Gasteiger partial charge in [0.1, 0.15) is 22.3 Å². The summed E-state index contributed by atoms with van der Waals surface area (Å²) in [6, 6.07) is 62.6. The summed E-state index contributed by atoms with van der Waals surface area (Å²) in [5.41, 5.74) is 11.4. The van der Waals surface area contributed by atoms with E-state index in [0.29, 0.717) is 0 Å². The van der Waals surface area contributed by atoms with Crippen molar-refractivity contribution in [1.82, 2.24) is 0 Å². The van der Waals surface area contributed by atoms with Crippen LogP contribution in [0.3, 0.4) is 0 Å². The average Bonchev–Trinajstić information content (AvgIpc) is 3.89. The monoisotopic (exact) mass is 683 g/mol. The second kappa shape index (κ2) is 11.5. The molecule has 0 N–H and O–H groups in total. The normalized spacial score (nSPS) is 11.8. The number of rotatable bonds is 5. The lowest BCUT2D eigenvalue weighted by Crippen LogP contribution is -2.09. The fourth-order valence-corrected chi connectivity index (χ4v) is 8.80. The molecule has 52 heavy (non-hydrogen) atoms. The summed E-state index contributed by atoms with van der Waals surface area (Å²) in [5, 5.41) is 7.14. The number of hydrogen-bond donors (Lipinski definition) is 0. The predicted molar refractivity (Wildman–Crippen MR) is 219 cm³/mol. The third-order valence-electron chi connectivity index (χ3n) is 10.3. The summed E-state index contributed by atoms with van der Waals surface area (Å²) < 4.78 is 15.2. The van der Waals surface area contributed by atoms with Crippen LogP contribution in [0, 0.1) is 0 Å². The number of nitrogens with zero attached hydrogens (tertiary/aromatic N) is 1. The second-order valence-corrected chi connectivity index (χ2v) is 14.4. The fraction of sp³-hybridized carbons (Fsp3) is 0. The van der Waals surface area contributed by atoms with Crippen LogP contribution in [-0.2, 0) is 0 Å². The minimum absolute atomic E-state index is 0.868. The molecule has 3 nitrogen and oxygen atoms in total. The standard InChI is InChI=1S/C48H29NO2S/c1-4-10-43-37(7-1)39-24-17-33(28-45(39)50-43)31-15-21-35(22-16-31)49(36-23-25-40-38-8-2-5-11-44(38)51-46(40)29-36)34-19-13-30(14-20-34)32-18-26-48-42(27-32)41-9-3-6-12-47(41)52-48/h1-29H. The molecular weight excluding hydrogens is 655 g/mol.